The fraction of sp³-hybridized carbons (Fsp3) is 0.292. The molecule has 1 saturated heterocycles. The highest BCUT2D eigenvalue weighted by Gasteiger charge is 2.20. The Kier molecular flexibility index (Phi) is 6.97. The van der Waals surface area contributed by atoms with Crippen molar-refractivity contribution >= 4 is 28.9 Å². The first-order chi connectivity index (χ1) is 15.5. The second kappa shape index (κ2) is 10.1. The average molecular weight is 458 g/mol. The number of likely N-dealkylation sites (N-methyl/N-ethyl adjacent to an activating group) is 1. The van der Waals surface area contributed by atoms with Gasteiger partial charge in [-0.05, 0) is 61.1 Å². The summed E-state index contributed by atoms with van der Waals surface area (Å²) in [5.41, 5.74) is 1.58. The molecule has 4 rings (SSSR count). The summed E-state index contributed by atoms with van der Waals surface area (Å²) < 4.78 is 24.2. The quantitative estimate of drug-likeness (QED) is 0.538. The van der Waals surface area contributed by atoms with Crippen LogP contribution in [0.2, 0.25) is 5.02 Å². The monoisotopic (exact) mass is 457 g/mol. The smallest absolute Gasteiger partial charge is 0.291 e. The first kappa shape index (κ1) is 22.2. The van der Waals surface area contributed by atoms with Crippen LogP contribution in [0.1, 0.15) is 23.2 Å². The minimum atomic E-state index is -0.367. The lowest BCUT2D eigenvalue weighted by Gasteiger charge is -2.36. The standard InChI is InChI=1S/C24H25ClFN3O3/c1-2-28-11-13-29(14-12-28)22-9-3-17(25)15-21(22)27-24(30)23-10-8-20(32-23)16-31-19-6-4-18(26)5-7-19/h3-10,15H,2,11-14,16H2,1H3,(H,27,30). The molecule has 2 heterocycles. The third kappa shape index (κ3) is 5.41. The number of hydrogen-bond donors (Lipinski definition) is 1. The number of carbonyl (C=O) groups is 1. The topological polar surface area (TPSA) is 58.0 Å². The van der Waals surface area contributed by atoms with Crippen LogP contribution >= 0.6 is 11.6 Å². The van der Waals surface area contributed by atoms with Crippen molar-refractivity contribution in [2.24, 2.45) is 0 Å². The summed E-state index contributed by atoms with van der Waals surface area (Å²) in [6, 6.07) is 14.5. The average Bonchev–Trinajstić information content (AvgIpc) is 3.28. The zero-order valence-electron chi connectivity index (χ0n) is 17.8. The van der Waals surface area contributed by atoms with Crippen LogP contribution in [0.3, 0.4) is 0 Å². The number of nitrogens with zero attached hydrogens (tertiary/aromatic N) is 2. The number of amides is 1. The Bertz CT molecular complexity index is 1060. The lowest BCUT2D eigenvalue weighted by Crippen LogP contribution is -2.46. The molecular weight excluding hydrogens is 433 g/mol. The highest BCUT2D eigenvalue weighted by molar-refractivity contribution is 6.31. The Morgan fingerprint density at radius 1 is 1.09 bits per heavy atom. The second-order valence-corrected chi connectivity index (χ2v) is 7.98. The van der Waals surface area contributed by atoms with Crippen molar-refractivity contribution in [1.82, 2.24) is 4.90 Å². The first-order valence-corrected chi connectivity index (χ1v) is 10.9. The van der Waals surface area contributed by atoms with Crippen LogP contribution in [0.4, 0.5) is 15.8 Å². The number of nitrogens with one attached hydrogen (secondary N) is 1. The number of ether oxygens (including phenoxy) is 1. The normalized spacial score (nSPS) is 14.4. The van der Waals surface area contributed by atoms with Crippen LogP contribution in [0, 0.1) is 5.82 Å². The molecule has 0 aliphatic carbocycles. The molecule has 0 spiro atoms. The SMILES string of the molecule is CCN1CCN(c2ccc(Cl)cc2NC(=O)c2ccc(COc3ccc(F)cc3)o2)CC1. The minimum absolute atomic E-state index is 0.128. The third-order valence-electron chi connectivity index (χ3n) is 5.45. The number of furan rings is 1. The molecule has 1 amide bonds. The maximum Gasteiger partial charge on any atom is 0.291 e. The molecule has 8 heteroatoms. The van der Waals surface area contributed by atoms with E-state index in [1.807, 2.05) is 12.1 Å². The highest BCUT2D eigenvalue weighted by Crippen LogP contribution is 2.30. The van der Waals surface area contributed by atoms with E-state index in [9.17, 15) is 9.18 Å². The Labute approximate surface area is 191 Å². The number of piperazine rings is 1. The molecular formula is C24H25ClFN3O3. The summed E-state index contributed by atoms with van der Waals surface area (Å²) in [7, 11) is 0. The van der Waals surface area contributed by atoms with Gasteiger partial charge < -0.3 is 24.3 Å². The number of hydrogen-bond acceptors (Lipinski definition) is 5. The summed E-state index contributed by atoms with van der Waals surface area (Å²) >= 11 is 6.20. The van der Waals surface area contributed by atoms with Gasteiger partial charge in [0, 0.05) is 31.2 Å². The van der Waals surface area contributed by atoms with Crippen LogP contribution in [-0.2, 0) is 6.61 Å². The lowest BCUT2D eigenvalue weighted by atomic mass is 10.2. The number of carbonyl (C=O) groups excluding carboxylic acids is 1. The number of halogens is 2. The van der Waals surface area contributed by atoms with Crippen molar-refractivity contribution in [3.63, 3.8) is 0 Å². The van der Waals surface area contributed by atoms with Crippen LogP contribution in [0.15, 0.2) is 59.0 Å². The lowest BCUT2D eigenvalue weighted by molar-refractivity contribution is 0.0992. The van der Waals surface area contributed by atoms with E-state index in [1.54, 1.807) is 18.2 Å². The predicted molar refractivity (Wildman–Crippen MR) is 123 cm³/mol. The molecule has 0 radical (unpaired) electrons. The molecule has 2 aromatic carbocycles. The summed E-state index contributed by atoms with van der Waals surface area (Å²) in [4.78, 5) is 17.5. The molecule has 0 saturated carbocycles. The van der Waals surface area contributed by atoms with Crippen molar-refractivity contribution in [1.29, 1.82) is 0 Å². The molecule has 32 heavy (non-hydrogen) atoms. The van der Waals surface area contributed by atoms with E-state index in [0.717, 1.165) is 38.4 Å². The van der Waals surface area contributed by atoms with E-state index < -0.39 is 0 Å². The molecule has 0 unspecified atom stereocenters. The van der Waals surface area contributed by atoms with Gasteiger partial charge in [0.25, 0.3) is 5.91 Å². The van der Waals surface area contributed by atoms with E-state index in [1.165, 1.54) is 24.3 Å². The van der Waals surface area contributed by atoms with E-state index in [2.05, 4.69) is 22.0 Å². The first-order valence-electron chi connectivity index (χ1n) is 10.6. The van der Waals surface area contributed by atoms with Crippen molar-refractivity contribution < 1.29 is 18.3 Å². The van der Waals surface area contributed by atoms with E-state index in [-0.39, 0.29) is 24.1 Å². The van der Waals surface area contributed by atoms with Gasteiger partial charge in [-0.15, -0.1) is 0 Å². The van der Waals surface area contributed by atoms with Crippen molar-refractivity contribution in [2.75, 3.05) is 42.9 Å². The van der Waals surface area contributed by atoms with Gasteiger partial charge >= 0.3 is 0 Å². The molecule has 168 valence electrons. The van der Waals surface area contributed by atoms with Gasteiger partial charge in [0.05, 0.1) is 11.4 Å². The van der Waals surface area contributed by atoms with E-state index in [4.69, 9.17) is 20.8 Å². The van der Waals surface area contributed by atoms with Gasteiger partial charge in [-0.1, -0.05) is 18.5 Å². The fourth-order valence-electron chi connectivity index (χ4n) is 3.64. The summed E-state index contributed by atoms with van der Waals surface area (Å²) in [5.74, 6) is 0.474. The maximum atomic E-state index is 13.0. The van der Waals surface area contributed by atoms with Gasteiger partial charge in [-0.25, -0.2) is 4.39 Å². The summed E-state index contributed by atoms with van der Waals surface area (Å²) in [6.07, 6.45) is 0. The zero-order chi connectivity index (χ0) is 22.5. The zero-order valence-corrected chi connectivity index (χ0v) is 18.6. The molecule has 6 nitrogen and oxygen atoms in total. The van der Waals surface area contributed by atoms with Gasteiger partial charge in [0.1, 0.15) is 23.9 Å². The molecule has 1 N–H and O–H groups in total. The van der Waals surface area contributed by atoms with E-state index in [0.29, 0.717) is 22.2 Å². The van der Waals surface area contributed by atoms with Gasteiger partial charge in [0.2, 0.25) is 0 Å². The Morgan fingerprint density at radius 2 is 1.84 bits per heavy atom. The fourth-order valence-corrected chi connectivity index (χ4v) is 3.81. The van der Waals surface area contributed by atoms with Gasteiger partial charge in [0.15, 0.2) is 5.76 Å². The summed E-state index contributed by atoms with van der Waals surface area (Å²) in [6.45, 7) is 7.02. The Balaban J connectivity index is 1.41. The van der Waals surface area contributed by atoms with Crippen LogP contribution in [0.5, 0.6) is 5.75 Å². The maximum absolute atomic E-state index is 13.0. The molecule has 1 aliphatic rings. The second-order valence-electron chi connectivity index (χ2n) is 7.55. The molecule has 3 aromatic rings. The molecule has 1 aromatic heterocycles. The predicted octanol–water partition coefficient (Wildman–Crippen LogP) is 5.05. The van der Waals surface area contributed by atoms with Crippen LogP contribution in [-0.4, -0.2) is 43.5 Å². The van der Waals surface area contributed by atoms with Gasteiger partial charge in [-0.2, -0.15) is 0 Å². The Morgan fingerprint density at radius 3 is 2.56 bits per heavy atom. The molecule has 1 aliphatic heterocycles. The highest BCUT2D eigenvalue weighted by atomic mass is 35.5. The number of benzene rings is 2. The molecule has 1 fully saturated rings. The number of rotatable bonds is 7. The van der Waals surface area contributed by atoms with Gasteiger partial charge in [-0.3, -0.25) is 4.79 Å². The minimum Gasteiger partial charge on any atom is -0.486 e. The summed E-state index contributed by atoms with van der Waals surface area (Å²) in [5, 5.41) is 3.47. The van der Waals surface area contributed by atoms with Crippen molar-refractivity contribution in [3.05, 3.63) is 77.0 Å². The molecule has 0 atom stereocenters. The van der Waals surface area contributed by atoms with Crippen LogP contribution < -0.4 is 15.0 Å². The van der Waals surface area contributed by atoms with E-state index >= 15 is 0 Å². The van der Waals surface area contributed by atoms with Crippen LogP contribution in [0.25, 0.3) is 0 Å². The molecule has 0 bridgehead atoms. The Hall–Kier alpha value is -3.03. The largest absolute Gasteiger partial charge is 0.486 e. The van der Waals surface area contributed by atoms with Crippen molar-refractivity contribution in [2.45, 2.75) is 13.5 Å². The third-order valence-corrected chi connectivity index (χ3v) is 5.68. The van der Waals surface area contributed by atoms with Crippen molar-refractivity contribution in [3.8, 4) is 5.75 Å². The number of anilines is 2.